The van der Waals surface area contributed by atoms with Crippen LogP contribution in [0.3, 0.4) is 0 Å². The maximum absolute atomic E-state index is 13.4. The Morgan fingerprint density at radius 1 is 0.912 bits per heavy atom. The molecule has 0 bridgehead atoms. The minimum Gasteiger partial charge on any atom is -0.349 e. The molecule has 0 fully saturated rings. The van der Waals surface area contributed by atoms with E-state index in [0.29, 0.717) is 25.3 Å². The van der Waals surface area contributed by atoms with Gasteiger partial charge < -0.3 is 21.4 Å². The predicted octanol–water partition coefficient (Wildman–Crippen LogP) is 4.43. The number of amides is 1. The number of aromatic nitrogens is 1. The van der Waals surface area contributed by atoms with Gasteiger partial charge in [0.25, 0.3) is 5.91 Å². The van der Waals surface area contributed by atoms with Gasteiger partial charge in [-0.25, -0.2) is 8.78 Å². The Labute approximate surface area is 197 Å². The summed E-state index contributed by atoms with van der Waals surface area (Å²) in [6.07, 6.45) is 1.53. The molecule has 4 rings (SSSR count). The third-order valence-electron chi connectivity index (χ3n) is 5.87. The first-order chi connectivity index (χ1) is 16.4. The molecule has 4 aromatic rings. The first kappa shape index (κ1) is 23.6. The van der Waals surface area contributed by atoms with E-state index in [1.165, 1.54) is 24.3 Å². The zero-order valence-corrected chi connectivity index (χ0v) is 18.8. The SMILES string of the molecule is NCCC[C@H](N)CNC(=O)c1cc2ccc(-c3ccc(F)cc3)cc2n1Cc1ccc(F)cc1. The van der Waals surface area contributed by atoms with E-state index in [0.717, 1.165) is 40.4 Å². The first-order valence-corrected chi connectivity index (χ1v) is 11.3. The summed E-state index contributed by atoms with van der Waals surface area (Å²) in [6, 6.07) is 20.0. The summed E-state index contributed by atoms with van der Waals surface area (Å²) in [5.74, 6) is -0.845. The normalized spacial score (nSPS) is 12.1. The molecule has 5 nitrogen and oxygen atoms in total. The topological polar surface area (TPSA) is 86.1 Å². The molecule has 0 saturated heterocycles. The molecule has 7 heteroatoms. The van der Waals surface area contributed by atoms with Crippen LogP contribution in [0.25, 0.3) is 22.0 Å². The summed E-state index contributed by atoms with van der Waals surface area (Å²) in [6.45, 7) is 1.29. The van der Waals surface area contributed by atoms with E-state index >= 15 is 0 Å². The summed E-state index contributed by atoms with van der Waals surface area (Å²) in [4.78, 5) is 13.1. The summed E-state index contributed by atoms with van der Waals surface area (Å²) >= 11 is 0. The molecule has 0 spiro atoms. The third-order valence-corrected chi connectivity index (χ3v) is 5.87. The van der Waals surface area contributed by atoms with E-state index in [-0.39, 0.29) is 23.6 Å². The number of nitrogens with one attached hydrogen (secondary N) is 1. The fourth-order valence-corrected chi connectivity index (χ4v) is 4.00. The lowest BCUT2D eigenvalue weighted by Gasteiger charge is -2.15. The fourth-order valence-electron chi connectivity index (χ4n) is 4.00. The highest BCUT2D eigenvalue weighted by Crippen LogP contribution is 2.28. The fraction of sp³-hybridized carbons (Fsp3) is 0.222. The van der Waals surface area contributed by atoms with Crippen LogP contribution in [0, 0.1) is 11.6 Å². The van der Waals surface area contributed by atoms with Crippen molar-refractivity contribution in [3.8, 4) is 11.1 Å². The number of nitrogens with two attached hydrogens (primary N) is 2. The molecule has 0 aliphatic rings. The van der Waals surface area contributed by atoms with Crippen LogP contribution in [0.4, 0.5) is 8.78 Å². The van der Waals surface area contributed by atoms with Crippen molar-refractivity contribution >= 4 is 16.8 Å². The van der Waals surface area contributed by atoms with Crippen LogP contribution < -0.4 is 16.8 Å². The van der Waals surface area contributed by atoms with Gasteiger partial charge in [0.15, 0.2) is 0 Å². The molecule has 0 radical (unpaired) electrons. The standard InChI is InChI=1S/C27H28F2N4O/c28-22-9-3-18(4-10-22)17-33-25-14-20(19-7-11-23(29)12-8-19)5-6-21(25)15-26(33)27(34)32-16-24(31)2-1-13-30/h3-12,14-15,24H,1-2,13,16-17,30-31H2,(H,32,34)/t24-/m0/s1. The number of benzene rings is 3. The second-order valence-corrected chi connectivity index (χ2v) is 8.42. The summed E-state index contributed by atoms with van der Waals surface area (Å²) < 4.78 is 28.7. The van der Waals surface area contributed by atoms with Crippen LogP contribution in [0.15, 0.2) is 72.8 Å². The number of fused-ring (bicyclic) bond motifs is 1. The number of nitrogens with zero attached hydrogens (tertiary/aromatic N) is 1. The van der Waals surface area contributed by atoms with Crippen LogP contribution in [0.5, 0.6) is 0 Å². The highest BCUT2D eigenvalue weighted by atomic mass is 19.1. The van der Waals surface area contributed by atoms with Crippen LogP contribution >= 0.6 is 0 Å². The van der Waals surface area contributed by atoms with Crippen molar-refractivity contribution in [3.63, 3.8) is 0 Å². The van der Waals surface area contributed by atoms with E-state index in [2.05, 4.69) is 5.32 Å². The van der Waals surface area contributed by atoms with Gasteiger partial charge in [0.2, 0.25) is 0 Å². The van der Waals surface area contributed by atoms with Gasteiger partial charge in [0.1, 0.15) is 17.3 Å². The molecule has 176 valence electrons. The van der Waals surface area contributed by atoms with Gasteiger partial charge in [-0.15, -0.1) is 0 Å². The van der Waals surface area contributed by atoms with E-state index in [1.54, 1.807) is 24.3 Å². The monoisotopic (exact) mass is 462 g/mol. The molecule has 34 heavy (non-hydrogen) atoms. The average molecular weight is 463 g/mol. The quantitative estimate of drug-likeness (QED) is 0.344. The Bertz CT molecular complexity index is 1270. The Morgan fingerprint density at radius 2 is 1.56 bits per heavy atom. The molecule has 0 unspecified atom stereocenters. The second-order valence-electron chi connectivity index (χ2n) is 8.42. The van der Waals surface area contributed by atoms with Crippen molar-refractivity contribution in [3.05, 3.63) is 95.7 Å². The Kier molecular flexibility index (Phi) is 7.35. The number of rotatable bonds is 9. The maximum Gasteiger partial charge on any atom is 0.268 e. The minimum absolute atomic E-state index is 0.174. The van der Waals surface area contributed by atoms with Gasteiger partial charge >= 0.3 is 0 Å². The number of carbonyl (C=O) groups is 1. The number of hydrogen-bond acceptors (Lipinski definition) is 3. The lowest BCUT2D eigenvalue weighted by molar-refractivity contribution is 0.0942. The molecule has 0 saturated carbocycles. The number of hydrogen-bond donors (Lipinski definition) is 3. The molecule has 1 amide bonds. The van der Waals surface area contributed by atoms with Gasteiger partial charge in [-0.3, -0.25) is 4.79 Å². The number of halogens is 2. The Hall–Kier alpha value is -3.55. The largest absolute Gasteiger partial charge is 0.349 e. The molecule has 3 aromatic carbocycles. The van der Waals surface area contributed by atoms with Crippen molar-refractivity contribution < 1.29 is 13.6 Å². The van der Waals surface area contributed by atoms with Crippen molar-refractivity contribution in [2.45, 2.75) is 25.4 Å². The second kappa shape index (κ2) is 10.6. The molecule has 1 heterocycles. The zero-order valence-electron chi connectivity index (χ0n) is 18.8. The van der Waals surface area contributed by atoms with Crippen molar-refractivity contribution in [2.75, 3.05) is 13.1 Å². The van der Waals surface area contributed by atoms with Crippen molar-refractivity contribution in [2.24, 2.45) is 11.5 Å². The van der Waals surface area contributed by atoms with Crippen molar-refractivity contribution in [1.29, 1.82) is 0 Å². The highest BCUT2D eigenvalue weighted by molar-refractivity contribution is 5.99. The molecular formula is C27H28F2N4O. The van der Waals surface area contributed by atoms with E-state index in [1.807, 2.05) is 28.8 Å². The van der Waals surface area contributed by atoms with Crippen LogP contribution in [0.1, 0.15) is 28.9 Å². The summed E-state index contributed by atoms with van der Waals surface area (Å²) in [7, 11) is 0. The minimum atomic E-state index is -0.316. The molecular weight excluding hydrogens is 434 g/mol. The highest BCUT2D eigenvalue weighted by Gasteiger charge is 2.17. The predicted molar refractivity (Wildman–Crippen MR) is 131 cm³/mol. The first-order valence-electron chi connectivity index (χ1n) is 11.3. The molecule has 0 aliphatic carbocycles. The van der Waals surface area contributed by atoms with E-state index in [4.69, 9.17) is 11.5 Å². The molecule has 0 aliphatic heterocycles. The van der Waals surface area contributed by atoms with Gasteiger partial charge in [0.05, 0.1) is 0 Å². The maximum atomic E-state index is 13.4. The summed E-state index contributed by atoms with van der Waals surface area (Å²) in [5.41, 5.74) is 15.6. The number of carbonyl (C=O) groups excluding carboxylic acids is 1. The average Bonchev–Trinajstić information content (AvgIpc) is 3.20. The van der Waals surface area contributed by atoms with Crippen LogP contribution in [0.2, 0.25) is 0 Å². The van der Waals surface area contributed by atoms with Crippen molar-refractivity contribution in [1.82, 2.24) is 9.88 Å². The third kappa shape index (κ3) is 5.50. The molecule has 1 aromatic heterocycles. The van der Waals surface area contributed by atoms with Crippen LogP contribution in [-0.4, -0.2) is 29.6 Å². The van der Waals surface area contributed by atoms with Gasteiger partial charge in [-0.05, 0) is 72.5 Å². The molecule has 1 atom stereocenters. The smallest absolute Gasteiger partial charge is 0.268 e. The lowest BCUT2D eigenvalue weighted by atomic mass is 10.0. The van der Waals surface area contributed by atoms with Crippen LogP contribution in [-0.2, 0) is 6.54 Å². The Morgan fingerprint density at radius 3 is 2.24 bits per heavy atom. The lowest BCUT2D eigenvalue weighted by Crippen LogP contribution is -2.38. The zero-order chi connectivity index (χ0) is 24.1. The molecule has 5 N–H and O–H groups in total. The summed E-state index contributed by atoms with van der Waals surface area (Å²) in [5, 5.41) is 3.82. The van der Waals surface area contributed by atoms with Gasteiger partial charge in [-0.1, -0.05) is 36.4 Å². The van der Waals surface area contributed by atoms with E-state index < -0.39 is 0 Å². The van der Waals surface area contributed by atoms with E-state index in [9.17, 15) is 13.6 Å². The Balaban J connectivity index is 1.70. The van der Waals surface area contributed by atoms with Gasteiger partial charge in [0, 0.05) is 30.0 Å². The van der Waals surface area contributed by atoms with Gasteiger partial charge in [-0.2, -0.15) is 0 Å².